The Hall–Kier alpha value is -2.30. The van der Waals surface area contributed by atoms with Gasteiger partial charge in [0.25, 0.3) is 0 Å². The Kier molecular flexibility index (Phi) is 4.88. The molecule has 1 N–H and O–H groups in total. The second kappa shape index (κ2) is 7.07. The van der Waals surface area contributed by atoms with Crippen molar-refractivity contribution in [2.24, 2.45) is 5.92 Å². The van der Waals surface area contributed by atoms with Gasteiger partial charge in [-0.25, -0.2) is 0 Å². The minimum Gasteiger partial charge on any atom is -0.481 e. The molecule has 0 aliphatic carbocycles. The average Bonchev–Trinajstić information content (AvgIpc) is 2.95. The van der Waals surface area contributed by atoms with Crippen LogP contribution < -0.4 is 0 Å². The lowest BCUT2D eigenvalue weighted by molar-refractivity contribution is -0.137. The Bertz CT molecular complexity index is 749. The first-order valence-corrected chi connectivity index (χ1v) is 8.49. The first kappa shape index (κ1) is 16.6. The zero-order chi connectivity index (χ0) is 17.1. The molecule has 1 amide bonds. The number of benzene rings is 1. The third-order valence-corrected chi connectivity index (χ3v) is 4.79. The van der Waals surface area contributed by atoms with E-state index in [9.17, 15) is 9.59 Å². The Balaban J connectivity index is 1.64. The maximum atomic E-state index is 12.6. The number of carbonyl (C=O) groups is 2. The van der Waals surface area contributed by atoms with Gasteiger partial charge in [-0.2, -0.15) is 0 Å². The van der Waals surface area contributed by atoms with E-state index in [-0.39, 0.29) is 12.3 Å². The molecule has 0 saturated carbocycles. The van der Waals surface area contributed by atoms with Crippen LogP contribution in [0.5, 0.6) is 0 Å². The number of hydrogen-bond acceptors (Lipinski definition) is 3. The Morgan fingerprint density at radius 3 is 3.00 bits per heavy atom. The fourth-order valence-electron chi connectivity index (χ4n) is 3.46. The van der Waals surface area contributed by atoms with Crippen LogP contribution in [0.3, 0.4) is 0 Å². The van der Waals surface area contributed by atoms with Crippen LogP contribution in [-0.4, -0.2) is 35.0 Å². The summed E-state index contributed by atoms with van der Waals surface area (Å²) in [5.74, 6) is -0.376. The van der Waals surface area contributed by atoms with E-state index in [1.165, 1.54) is 0 Å². The smallest absolute Gasteiger partial charge is 0.303 e. The zero-order valence-electron chi connectivity index (χ0n) is 14.0. The highest BCUT2D eigenvalue weighted by atomic mass is 16.4. The maximum absolute atomic E-state index is 12.6. The lowest BCUT2D eigenvalue weighted by Crippen LogP contribution is -2.40. The van der Waals surface area contributed by atoms with Gasteiger partial charge in [0.15, 0.2) is 0 Å². The van der Waals surface area contributed by atoms with Crippen LogP contribution in [0.2, 0.25) is 0 Å². The molecular weight excluding hydrogens is 306 g/mol. The van der Waals surface area contributed by atoms with E-state index in [4.69, 9.17) is 9.52 Å². The molecule has 2 aromatic rings. The number of aryl methyl sites for hydroxylation is 1. The molecular formula is C19H23NO4. The van der Waals surface area contributed by atoms with Crippen LogP contribution >= 0.6 is 0 Å². The van der Waals surface area contributed by atoms with E-state index in [1.807, 2.05) is 30.0 Å². The van der Waals surface area contributed by atoms with E-state index >= 15 is 0 Å². The maximum Gasteiger partial charge on any atom is 0.303 e. The number of rotatable bonds is 5. The van der Waals surface area contributed by atoms with Crippen LogP contribution in [0.15, 0.2) is 28.9 Å². The van der Waals surface area contributed by atoms with Crippen LogP contribution in [0.1, 0.15) is 36.8 Å². The van der Waals surface area contributed by atoms with Crippen LogP contribution in [0, 0.1) is 12.8 Å². The van der Waals surface area contributed by atoms with E-state index in [2.05, 4.69) is 0 Å². The van der Waals surface area contributed by atoms with E-state index < -0.39 is 5.97 Å². The molecule has 1 saturated heterocycles. The van der Waals surface area contributed by atoms with Gasteiger partial charge in [-0.1, -0.05) is 12.1 Å². The van der Waals surface area contributed by atoms with Gasteiger partial charge < -0.3 is 14.4 Å². The van der Waals surface area contributed by atoms with Gasteiger partial charge >= 0.3 is 5.97 Å². The van der Waals surface area contributed by atoms with Gasteiger partial charge in [0.05, 0.1) is 12.7 Å². The molecule has 5 heteroatoms. The van der Waals surface area contributed by atoms with E-state index in [1.54, 1.807) is 6.26 Å². The van der Waals surface area contributed by atoms with Crippen molar-refractivity contribution in [1.29, 1.82) is 0 Å². The second-order valence-electron chi connectivity index (χ2n) is 6.72. The number of amides is 1. The zero-order valence-corrected chi connectivity index (χ0v) is 14.0. The molecule has 1 aliphatic heterocycles. The summed E-state index contributed by atoms with van der Waals surface area (Å²) < 4.78 is 5.57. The fraction of sp³-hybridized carbons (Fsp3) is 0.474. The highest BCUT2D eigenvalue weighted by Crippen LogP contribution is 2.25. The SMILES string of the molecule is Cc1ccc2c(CC(=O)N3CCC[C@@H](CCC(=O)O)C3)coc2c1. The molecule has 5 nitrogen and oxygen atoms in total. The van der Waals surface area contributed by atoms with Crippen molar-refractivity contribution in [1.82, 2.24) is 4.90 Å². The predicted molar refractivity (Wildman–Crippen MR) is 90.8 cm³/mol. The molecule has 0 spiro atoms. The number of carboxylic acid groups (broad SMARTS) is 1. The van der Waals surface area contributed by atoms with Crippen molar-refractivity contribution < 1.29 is 19.1 Å². The minimum atomic E-state index is -0.765. The molecule has 1 atom stereocenters. The molecule has 1 aromatic carbocycles. The molecule has 0 radical (unpaired) electrons. The van der Waals surface area contributed by atoms with Crippen molar-refractivity contribution in [3.8, 4) is 0 Å². The van der Waals surface area contributed by atoms with Gasteiger partial charge in [-0.3, -0.25) is 9.59 Å². The normalized spacial score (nSPS) is 18.0. The molecule has 1 aromatic heterocycles. The molecule has 2 heterocycles. The molecule has 3 rings (SSSR count). The van der Waals surface area contributed by atoms with Crippen molar-refractivity contribution in [2.45, 2.75) is 39.0 Å². The molecule has 24 heavy (non-hydrogen) atoms. The number of likely N-dealkylation sites (tertiary alicyclic amines) is 1. The highest BCUT2D eigenvalue weighted by molar-refractivity contribution is 5.88. The first-order valence-electron chi connectivity index (χ1n) is 8.49. The Morgan fingerprint density at radius 1 is 1.38 bits per heavy atom. The summed E-state index contributed by atoms with van der Waals surface area (Å²) in [4.78, 5) is 25.2. The number of furan rings is 1. The van der Waals surface area contributed by atoms with Crippen molar-refractivity contribution in [2.75, 3.05) is 13.1 Å². The summed E-state index contributed by atoms with van der Waals surface area (Å²) in [6.45, 7) is 3.44. The third-order valence-electron chi connectivity index (χ3n) is 4.79. The lowest BCUT2D eigenvalue weighted by Gasteiger charge is -2.32. The average molecular weight is 329 g/mol. The minimum absolute atomic E-state index is 0.0956. The van der Waals surface area contributed by atoms with Gasteiger partial charge in [0.2, 0.25) is 5.91 Å². The Morgan fingerprint density at radius 2 is 2.21 bits per heavy atom. The van der Waals surface area contributed by atoms with Crippen molar-refractivity contribution in [3.05, 3.63) is 35.6 Å². The van der Waals surface area contributed by atoms with E-state index in [0.29, 0.717) is 25.3 Å². The number of carbonyl (C=O) groups excluding carboxylic acids is 1. The highest BCUT2D eigenvalue weighted by Gasteiger charge is 2.24. The first-order chi connectivity index (χ1) is 11.5. The third kappa shape index (κ3) is 3.78. The summed E-state index contributed by atoms with van der Waals surface area (Å²) in [7, 11) is 0. The molecule has 0 unspecified atom stereocenters. The summed E-state index contributed by atoms with van der Waals surface area (Å²) in [5.41, 5.74) is 2.87. The molecule has 128 valence electrons. The number of carboxylic acids is 1. The van der Waals surface area contributed by atoms with Crippen molar-refractivity contribution >= 4 is 22.8 Å². The van der Waals surface area contributed by atoms with Gasteiger partial charge in [0, 0.05) is 30.5 Å². The summed E-state index contributed by atoms with van der Waals surface area (Å²) in [5, 5.41) is 9.81. The quantitative estimate of drug-likeness (QED) is 0.913. The number of aliphatic carboxylic acids is 1. The second-order valence-corrected chi connectivity index (χ2v) is 6.72. The lowest BCUT2D eigenvalue weighted by atomic mass is 9.93. The number of fused-ring (bicyclic) bond motifs is 1. The topological polar surface area (TPSA) is 70.8 Å². The number of piperidine rings is 1. The monoisotopic (exact) mass is 329 g/mol. The number of nitrogens with zero attached hydrogens (tertiary/aromatic N) is 1. The summed E-state index contributed by atoms with van der Waals surface area (Å²) in [6, 6.07) is 6.00. The molecule has 1 aliphatic rings. The molecule has 1 fully saturated rings. The Labute approximate surface area is 141 Å². The predicted octanol–water partition coefficient (Wildman–Crippen LogP) is 3.39. The van der Waals surface area contributed by atoms with E-state index in [0.717, 1.165) is 41.5 Å². The summed E-state index contributed by atoms with van der Waals surface area (Å²) in [6.07, 6.45) is 4.79. The standard InChI is InChI=1S/C19H23NO4/c1-13-4-6-16-15(12-24-17(16)9-13)10-18(21)20-8-2-3-14(11-20)5-7-19(22)23/h4,6,9,12,14H,2-3,5,7-8,10-11H2,1H3,(H,22,23)/t14-/m0/s1. The molecule has 0 bridgehead atoms. The van der Waals surface area contributed by atoms with Crippen LogP contribution in [0.4, 0.5) is 0 Å². The van der Waals surface area contributed by atoms with Crippen LogP contribution in [0.25, 0.3) is 11.0 Å². The van der Waals surface area contributed by atoms with Gasteiger partial charge in [-0.05, 0) is 43.7 Å². The largest absolute Gasteiger partial charge is 0.481 e. The fourth-order valence-corrected chi connectivity index (χ4v) is 3.46. The van der Waals surface area contributed by atoms with Gasteiger partial charge in [0.1, 0.15) is 5.58 Å². The number of hydrogen-bond donors (Lipinski definition) is 1. The van der Waals surface area contributed by atoms with Crippen molar-refractivity contribution in [3.63, 3.8) is 0 Å². The van der Waals surface area contributed by atoms with Gasteiger partial charge in [-0.15, -0.1) is 0 Å². The summed E-state index contributed by atoms with van der Waals surface area (Å²) >= 11 is 0. The van der Waals surface area contributed by atoms with Crippen LogP contribution in [-0.2, 0) is 16.0 Å².